The maximum atomic E-state index is 10.7. The van der Waals surface area contributed by atoms with Gasteiger partial charge >= 0.3 is 5.69 Å². The van der Waals surface area contributed by atoms with Crippen molar-refractivity contribution in [3.8, 4) is 0 Å². The van der Waals surface area contributed by atoms with Crippen LogP contribution in [0.15, 0.2) is 24.4 Å². The van der Waals surface area contributed by atoms with Gasteiger partial charge in [-0.15, -0.1) is 0 Å². The van der Waals surface area contributed by atoms with Crippen molar-refractivity contribution < 1.29 is 4.92 Å². The second-order valence-corrected chi connectivity index (χ2v) is 5.36. The summed E-state index contributed by atoms with van der Waals surface area (Å²) in [5.41, 5.74) is 6.91. The molecule has 0 saturated heterocycles. The van der Waals surface area contributed by atoms with Crippen molar-refractivity contribution >= 4 is 46.5 Å². The fraction of sp³-hybridized carbons (Fsp3) is 0.167. The van der Waals surface area contributed by atoms with E-state index in [0.29, 0.717) is 5.02 Å². The van der Waals surface area contributed by atoms with Crippen LogP contribution in [0.3, 0.4) is 0 Å². The van der Waals surface area contributed by atoms with E-state index in [9.17, 15) is 10.1 Å². The summed E-state index contributed by atoms with van der Waals surface area (Å²) in [6.45, 7) is 0. The molecular formula is C12H12ClN5O2S. The Morgan fingerprint density at radius 1 is 1.52 bits per heavy atom. The van der Waals surface area contributed by atoms with Gasteiger partial charge in [0.05, 0.1) is 4.92 Å². The molecule has 0 saturated carbocycles. The largest absolute Gasteiger partial charge is 0.378 e. The Bertz CT molecular complexity index is 683. The molecule has 1 heterocycles. The molecule has 0 aliphatic rings. The van der Waals surface area contributed by atoms with Crippen LogP contribution in [-0.2, 0) is 5.75 Å². The highest BCUT2D eigenvalue weighted by atomic mass is 35.5. The molecule has 0 aliphatic heterocycles. The molecule has 110 valence electrons. The van der Waals surface area contributed by atoms with E-state index < -0.39 is 4.92 Å². The van der Waals surface area contributed by atoms with Gasteiger partial charge in [-0.3, -0.25) is 10.1 Å². The Balaban J connectivity index is 2.24. The zero-order valence-corrected chi connectivity index (χ0v) is 12.6. The molecule has 0 radical (unpaired) electrons. The lowest BCUT2D eigenvalue weighted by molar-refractivity contribution is -0.384. The Hall–Kier alpha value is -2.06. The first-order valence-corrected chi connectivity index (χ1v) is 7.59. The van der Waals surface area contributed by atoms with Crippen LogP contribution in [-0.4, -0.2) is 21.1 Å². The Morgan fingerprint density at radius 3 is 2.90 bits per heavy atom. The van der Waals surface area contributed by atoms with Gasteiger partial charge in [-0.05, 0) is 30.0 Å². The van der Waals surface area contributed by atoms with Gasteiger partial charge < -0.3 is 11.1 Å². The summed E-state index contributed by atoms with van der Waals surface area (Å²) >= 11 is 7.74. The number of halogens is 1. The van der Waals surface area contributed by atoms with E-state index in [1.807, 2.05) is 12.3 Å². The zero-order chi connectivity index (χ0) is 15.4. The number of nitro groups is 1. The topological polar surface area (TPSA) is 107 Å². The van der Waals surface area contributed by atoms with Crippen LogP contribution < -0.4 is 11.1 Å². The molecular weight excluding hydrogens is 314 g/mol. The number of hydrogen-bond acceptors (Lipinski definition) is 7. The van der Waals surface area contributed by atoms with Gasteiger partial charge in [-0.2, -0.15) is 16.7 Å². The van der Waals surface area contributed by atoms with Crippen molar-refractivity contribution in [2.45, 2.75) is 5.75 Å². The molecule has 0 unspecified atom stereocenters. The minimum absolute atomic E-state index is 0.184. The predicted octanol–water partition coefficient (Wildman–Crippen LogP) is 3.23. The number of nitrogens with zero attached hydrogens (tertiary/aromatic N) is 3. The third-order valence-corrected chi connectivity index (χ3v) is 3.56. The van der Waals surface area contributed by atoms with Crippen molar-refractivity contribution in [2.24, 2.45) is 0 Å². The van der Waals surface area contributed by atoms with Crippen LogP contribution in [0.2, 0.25) is 5.02 Å². The summed E-state index contributed by atoms with van der Waals surface area (Å²) in [7, 11) is 0. The van der Waals surface area contributed by atoms with E-state index in [0.717, 1.165) is 23.2 Å². The lowest BCUT2D eigenvalue weighted by Gasteiger charge is -2.08. The summed E-state index contributed by atoms with van der Waals surface area (Å²) < 4.78 is 0. The fourth-order valence-corrected chi connectivity index (χ4v) is 2.45. The number of thioether (sulfide) groups is 1. The highest BCUT2D eigenvalue weighted by Crippen LogP contribution is 2.26. The standard InChI is InChI=1S/C12H12ClN5O2S/c1-21-6-7-4-8(2-3-9(7)13)16-12-15-5-10(18(19)20)11(14)17-12/h2-5H,6H2,1H3,(H3,14,15,16,17). The van der Waals surface area contributed by atoms with Crippen LogP contribution in [0.25, 0.3) is 0 Å². The molecule has 1 aromatic heterocycles. The molecule has 0 spiro atoms. The third kappa shape index (κ3) is 3.73. The summed E-state index contributed by atoms with van der Waals surface area (Å²) in [6.07, 6.45) is 3.06. The molecule has 0 fully saturated rings. The van der Waals surface area contributed by atoms with Crippen LogP contribution in [0.4, 0.5) is 23.1 Å². The minimum atomic E-state index is -0.627. The van der Waals surface area contributed by atoms with Crippen molar-refractivity contribution in [3.63, 3.8) is 0 Å². The second kappa shape index (κ2) is 6.59. The molecule has 21 heavy (non-hydrogen) atoms. The van der Waals surface area contributed by atoms with Gasteiger partial charge in [-0.1, -0.05) is 11.6 Å². The average Bonchev–Trinajstić information content (AvgIpc) is 2.42. The van der Waals surface area contributed by atoms with Gasteiger partial charge in [0.25, 0.3) is 0 Å². The van der Waals surface area contributed by atoms with Crippen LogP contribution >= 0.6 is 23.4 Å². The number of nitrogen functional groups attached to an aromatic ring is 1. The molecule has 0 bridgehead atoms. The lowest BCUT2D eigenvalue weighted by atomic mass is 10.2. The van der Waals surface area contributed by atoms with Crippen molar-refractivity contribution in [3.05, 3.63) is 45.1 Å². The molecule has 0 aliphatic carbocycles. The highest BCUT2D eigenvalue weighted by molar-refractivity contribution is 7.97. The average molecular weight is 326 g/mol. The number of anilines is 3. The summed E-state index contributed by atoms with van der Waals surface area (Å²) in [5, 5.41) is 14.3. The molecule has 2 rings (SSSR count). The maximum absolute atomic E-state index is 10.7. The Kier molecular flexibility index (Phi) is 4.81. The SMILES string of the molecule is CSCc1cc(Nc2ncc([N+](=O)[O-])c(N)n2)ccc1Cl. The smallest absolute Gasteiger partial charge is 0.329 e. The molecule has 9 heteroatoms. The second-order valence-electron chi connectivity index (χ2n) is 4.09. The van der Waals surface area contributed by atoms with E-state index >= 15 is 0 Å². The first-order valence-electron chi connectivity index (χ1n) is 5.82. The molecule has 1 aromatic carbocycles. The maximum Gasteiger partial charge on any atom is 0.329 e. The van der Waals surface area contributed by atoms with E-state index in [4.69, 9.17) is 17.3 Å². The lowest BCUT2D eigenvalue weighted by Crippen LogP contribution is -2.04. The van der Waals surface area contributed by atoms with E-state index in [2.05, 4.69) is 15.3 Å². The van der Waals surface area contributed by atoms with Gasteiger partial charge in [0, 0.05) is 16.5 Å². The Morgan fingerprint density at radius 2 is 2.29 bits per heavy atom. The van der Waals surface area contributed by atoms with Crippen LogP contribution in [0, 0.1) is 10.1 Å². The number of benzene rings is 1. The minimum Gasteiger partial charge on any atom is -0.378 e. The summed E-state index contributed by atoms with van der Waals surface area (Å²) in [6, 6.07) is 5.41. The fourth-order valence-electron chi connectivity index (χ4n) is 1.64. The number of hydrogen-bond donors (Lipinski definition) is 2. The summed E-state index contributed by atoms with van der Waals surface area (Å²) in [5.74, 6) is 0.781. The quantitative estimate of drug-likeness (QED) is 0.641. The van der Waals surface area contributed by atoms with E-state index in [1.54, 1.807) is 23.9 Å². The number of nitrogens with two attached hydrogens (primary N) is 1. The first kappa shape index (κ1) is 15.3. The number of rotatable bonds is 5. The van der Waals surface area contributed by atoms with Gasteiger partial charge in [0.2, 0.25) is 11.8 Å². The monoisotopic (exact) mass is 325 g/mol. The molecule has 0 atom stereocenters. The van der Waals surface area contributed by atoms with Crippen molar-refractivity contribution in [1.82, 2.24) is 9.97 Å². The predicted molar refractivity (Wildman–Crippen MR) is 85.1 cm³/mol. The number of nitrogens with one attached hydrogen (secondary N) is 1. The number of aromatic nitrogens is 2. The van der Waals surface area contributed by atoms with Gasteiger partial charge in [0.15, 0.2) is 0 Å². The first-order chi connectivity index (χ1) is 10.0. The highest BCUT2D eigenvalue weighted by Gasteiger charge is 2.14. The third-order valence-electron chi connectivity index (χ3n) is 2.60. The van der Waals surface area contributed by atoms with Crippen molar-refractivity contribution in [2.75, 3.05) is 17.3 Å². The molecule has 3 N–H and O–H groups in total. The normalized spacial score (nSPS) is 10.4. The van der Waals surface area contributed by atoms with Gasteiger partial charge in [-0.25, -0.2) is 4.98 Å². The summed E-state index contributed by atoms with van der Waals surface area (Å²) in [4.78, 5) is 17.8. The Labute approximate surface area is 130 Å². The van der Waals surface area contributed by atoms with E-state index in [-0.39, 0.29) is 17.5 Å². The van der Waals surface area contributed by atoms with Gasteiger partial charge in [0.1, 0.15) is 6.20 Å². The van der Waals surface area contributed by atoms with E-state index in [1.165, 1.54) is 0 Å². The van der Waals surface area contributed by atoms with Crippen LogP contribution in [0.5, 0.6) is 0 Å². The molecule has 7 nitrogen and oxygen atoms in total. The molecule has 2 aromatic rings. The van der Waals surface area contributed by atoms with Crippen molar-refractivity contribution in [1.29, 1.82) is 0 Å². The van der Waals surface area contributed by atoms with Crippen LogP contribution in [0.1, 0.15) is 5.56 Å². The zero-order valence-electron chi connectivity index (χ0n) is 11.0. The molecule has 0 amide bonds.